The van der Waals surface area contributed by atoms with Crippen molar-refractivity contribution in [2.75, 3.05) is 6.54 Å². The molecule has 3 heterocycles. The zero-order valence-corrected chi connectivity index (χ0v) is 15.2. The van der Waals surface area contributed by atoms with E-state index in [1.165, 1.54) is 11.3 Å². The third kappa shape index (κ3) is 3.44. The number of hydrogen-bond acceptors (Lipinski definition) is 5. The average Bonchev–Trinajstić information content (AvgIpc) is 3.29. The molecule has 0 radical (unpaired) electrons. The molecule has 0 aliphatic rings. The van der Waals surface area contributed by atoms with Gasteiger partial charge in [-0.2, -0.15) is 0 Å². The van der Waals surface area contributed by atoms with Gasteiger partial charge in [-0.3, -0.25) is 9.20 Å². The Balaban J connectivity index is 1.39. The van der Waals surface area contributed by atoms with Crippen LogP contribution < -0.4 is 5.32 Å². The number of thiazole rings is 1. The van der Waals surface area contributed by atoms with E-state index in [4.69, 9.17) is 11.6 Å². The van der Waals surface area contributed by atoms with Crippen molar-refractivity contribution in [3.8, 4) is 10.6 Å². The van der Waals surface area contributed by atoms with E-state index in [0.717, 1.165) is 22.0 Å². The molecule has 0 bridgehead atoms. The SMILES string of the molecule is O=C(NCCc1nnc2ccccn12)c1csc(-c2cccc(Cl)c2)n1. The quantitative estimate of drug-likeness (QED) is 0.572. The first-order chi connectivity index (χ1) is 12.7. The van der Waals surface area contributed by atoms with Crippen LogP contribution in [0.15, 0.2) is 54.0 Å². The molecule has 0 saturated heterocycles. The summed E-state index contributed by atoms with van der Waals surface area (Å²) in [6.45, 7) is 0.457. The van der Waals surface area contributed by atoms with Gasteiger partial charge >= 0.3 is 0 Å². The molecule has 4 aromatic rings. The largest absolute Gasteiger partial charge is 0.350 e. The van der Waals surface area contributed by atoms with Gasteiger partial charge in [0.05, 0.1) is 0 Å². The Bertz CT molecular complexity index is 1070. The zero-order chi connectivity index (χ0) is 17.9. The highest BCUT2D eigenvalue weighted by molar-refractivity contribution is 7.13. The molecule has 0 aliphatic heterocycles. The lowest BCUT2D eigenvalue weighted by Gasteiger charge is -2.02. The zero-order valence-electron chi connectivity index (χ0n) is 13.6. The van der Waals surface area contributed by atoms with Crippen molar-refractivity contribution in [2.24, 2.45) is 0 Å². The Hall–Kier alpha value is -2.77. The topological polar surface area (TPSA) is 72.2 Å². The number of rotatable bonds is 5. The summed E-state index contributed by atoms with van der Waals surface area (Å²) in [6.07, 6.45) is 2.49. The van der Waals surface area contributed by atoms with Crippen LogP contribution in [0.3, 0.4) is 0 Å². The standard InChI is InChI=1S/C18H14ClN5OS/c19-13-5-3-4-12(10-13)18-21-14(11-26-18)17(25)20-8-7-16-23-22-15-6-1-2-9-24(15)16/h1-6,9-11H,7-8H2,(H,20,25). The van der Waals surface area contributed by atoms with Gasteiger partial charge in [-0.25, -0.2) is 4.98 Å². The Morgan fingerprint density at radius 3 is 3.00 bits per heavy atom. The average molecular weight is 384 g/mol. The van der Waals surface area contributed by atoms with Gasteiger partial charge in [0, 0.05) is 35.1 Å². The van der Waals surface area contributed by atoms with Gasteiger partial charge in [0.2, 0.25) is 0 Å². The highest BCUT2D eigenvalue weighted by Crippen LogP contribution is 2.25. The maximum atomic E-state index is 12.3. The number of amides is 1. The van der Waals surface area contributed by atoms with Crippen molar-refractivity contribution in [1.29, 1.82) is 0 Å². The Morgan fingerprint density at radius 2 is 2.12 bits per heavy atom. The number of carbonyl (C=O) groups is 1. The second kappa shape index (κ2) is 7.23. The first-order valence-corrected chi connectivity index (χ1v) is 9.25. The molecule has 0 atom stereocenters. The van der Waals surface area contributed by atoms with Crippen LogP contribution in [0.1, 0.15) is 16.3 Å². The molecule has 6 nitrogen and oxygen atoms in total. The van der Waals surface area contributed by atoms with E-state index in [-0.39, 0.29) is 5.91 Å². The molecule has 4 rings (SSSR count). The van der Waals surface area contributed by atoms with Gasteiger partial charge in [0.25, 0.3) is 5.91 Å². The number of halogens is 1. The predicted octanol–water partition coefficient (Wildman–Crippen LogP) is 3.48. The van der Waals surface area contributed by atoms with Crippen molar-refractivity contribution in [1.82, 2.24) is 24.9 Å². The number of aromatic nitrogens is 4. The molecule has 0 unspecified atom stereocenters. The monoisotopic (exact) mass is 383 g/mol. The van der Waals surface area contributed by atoms with Crippen molar-refractivity contribution in [3.05, 3.63) is 70.6 Å². The molecular weight excluding hydrogens is 370 g/mol. The molecule has 0 fully saturated rings. The van der Waals surface area contributed by atoms with E-state index in [9.17, 15) is 4.79 Å². The summed E-state index contributed by atoms with van der Waals surface area (Å²) in [5.41, 5.74) is 2.09. The van der Waals surface area contributed by atoms with Gasteiger partial charge in [0.1, 0.15) is 16.5 Å². The van der Waals surface area contributed by atoms with E-state index in [2.05, 4.69) is 20.5 Å². The van der Waals surface area contributed by atoms with Crippen molar-refractivity contribution in [2.45, 2.75) is 6.42 Å². The lowest BCUT2D eigenvalue weighted by atomic mass is 10.2. The number of nitrogens with one attached hydrogen (secondary N) is 1. The van der Waals surface area contributed by atoms with Crippen LogP contribution in [0.25, 0.3) is 16.2 Å². The maximum absolute atomic E-state index is 12.3. The van der Waals surface area contributed by atoms with E-state index >= 15 is 0 Å². The number of fused-ring (bicyclic) bond motifs is 1. The minimum atomic E-state index is -0.205. The van der Waals surface area contributed by atoms with Crippen LogP contribution in [0, 0.1) is 0 Å². The molecule has 1 aromatic carbocycles. The molecular formula is C18H14ClN5OS. The lowest BCUT2D eigenvalue weighted by molar-refractivity contribution is 0.0949. The van der Waals surface area contributed by atoms with Crippen LogP contribution in [0.2, 0.25) is 5.02 Å². The summed E-state index contributed by atoms with van der Waals surface area (Å²) >= 11 is 7.42. The number of pyridine rings is 1. The summed E-state index contributed by atoms with van der Waals surface area (Å²) in [5, 5.41) is 14.3. The third-order valence-electron chi connectivity index (χ3n) is 3.83. The summed E-state index contributed by atoms with van der Waals surface area (Å²) in [5.74, 6) is 0.599. The van der Waals surface area contributed by atoms with E-state index < -0.39 is 0 Å². The highest BCUT2D eigenvalue weighted by atomic mass is 35.5. The van der Waals surface area contributed by atoms with Gasteiger partial charge < -0.3 is 5.32 Å². The molecule has 0 spiro atoms. The van der Waals surface area contributed by atoms with Crippen molar-refractivity contribution < 1.29 is 4.79 Å². The number of hydrogen-bond donors (Lipinski definition) is 1. The van der Waals surface area contributed by atoms with E-state index in [1.54, 1.807) is 11.4 Å². The van der Waals surface area contributed by atoms with E-state index in [1.807, 2.05) is 47.0 Å². The fourth-order valence-corrected chi connectivity index (χ4v) is 3.56. The Kier molecular flexibility index (Phi) is 4.64. The molecule has 1 N–H and O–H groups in total. The molecule has 3 aromatic heterocycles. The van der Waals surface area contributed by atoms with E-state index in [0.29, 0.717) is 23.7 Å². The predicted molar refractivity (Wildman–Crippen MR) is 102 cm³/mol. The lowest BCUT2D eigenvalue weighted by Crippen LogP contribution is -2.26. The molecule has 1 amide bonds. The van der Waals surface area contributed by atoms with Crippen LogP contribution in [-0.4, -0.2) is 32.0 Å². The van der Waals surface area contributed by atoms with Crippen molar-refractivity contribution in [3.63, 3.8) is 0 Å². The summed E-state index contributed by atoms with van der Waals surface area (Å²) in [7, 11) is 0. The van der Waals surface area contributed by atoms with Crippen LogP contribution in [0.4, 0.5) is 0 Å². The van der Waals surface area contributed by atoms with Crippen molar-refractivity contribution >= 4 is 34.5 Å². The maximum Gasteiger partial charge on any atom is 0.270 e. The molecule has 130 valence electrons. The first kappa shape index (κ1) is 16.7. The third-order valence-corrected chi connectivity index (χ3v) is 4.95. The van der Waals surface area contributed by atoms with Gasteiger partial charge in [0.15, 0.2) is 5.65 Å². The van der Waals surface area contributed by atoms with Crippen LogP contribution in [0.5, 0.6) is 0 Å². The van der Waals surface area contributed by atoms with Gasteiger partial charge in [-0.05, 0) is 24.3 Å². The second-order valence-corrected chi connectivity index (χ2v) is 6.89. The first-order valence-electron chi connectivity index (χ1n) is 7.99. The number of carbonyl (C=O) groups excluding carboxylic acids is 1. The van der Waals surface area contributed by atoms with Crippen LogP contribution in [-0.2, 0) is 6.42 Å². The molecule has 0 aliphatic carbocycles. The number of nitrogens with zero attached hydrogens (tertiary/aromatic N) is 4. The fourth-order valence-electron chi connectivity index (χ4n) is 2.57. The second-order valence-electron chi connectivity index (χ2n) is 5.60. The minimum absolute atomic E-state index is 0.205. The summed E-state index contributed by atoms with van der Waals surface area (Å²) < 4.78 is 1.91. The Labute approximate surface area is 158 Å². The smallest absolute Gasteiger partial charge is 0.270 e. The Morgan fingerprint density at radius 1 is 1.19 bits per heavy atom. The van der Waals surface area contributed by atoms with Gasteiger partial charge in [-0.15, -0.1) is 21.5 Å². The minimum Gasteiger partial charge on any atom is -0.350 e. The highest BCUT2D eigenvalue weighted by Gasteiger charge is 2.12. The fraction of sp³-hybridized carbons (Fsp3) is 0.111. The molecule has 26 heavy (non-hydrogen) atoms. The van der Waals surface area contributed by atoms with Gasteiger partial charge in [-0.1, -0.05) is 29.8 Å². The normalized spacial score (nSPS) is 11.0. The molecule has 8 heteroatoms. The number of benzene rings is 1. The molecule has 0 saturated carbocycles. The van der Waals surface area contributed by atoms with Crippen LogP contribution >= 0.6 is 22.9 Å². The summed E-state index contributed by atoms with van der Waals surface area (Å²) in [6, 6.07) is 13.1. The summed E-state index contributed by atoms with van der Waals surface area (Å²) in [4.78, 5) is 16.7.